The second-order valence-electron chi connectivity index (χ2n) is 5.70. The predicted molar refractivity (Wildman–Crippen MR) is 93.0 cm³/mol. The van der Waals surface area contributed by atoms with E-state index in [4.69, 9.17) is 0 Å². The first-order chi connectivity index (χ1) is 11.7. The SMILES string of the molecule is O=c1cc(-c2ccncc2F)c(-c2ccc3c(c2)CCC=C3)n[nH]1.[HH]. The summed E-state index contributed by atoms with van der Waals surface area (Å²) in [7, 11) is 0. The minimum absolute atomic E-state index is 0. The first-order valence-electron chi connectivity index (χ1n) is 7.72. The van der Waals surface area contributed by atoms with E-state index in [0.717, 1.165) is 24.6 Å². The number of benzene rings is 1. The fraction of sp³-hybridized carbons (Fsp3) is 0.105. The molecular weight excluding hydrogens is 305 g/mol. The van der Waals surface area contributed by atoms with Crippen molar-refractivity contribution in [2.45, 2.75) is 12.8 Å². The molecule has 0 spiro atoms. The molecular formula is C19H16FN3O. The van der Waals surface area contributed by atoms with Gasteiger partial charge in [0, 0.05) is 30.4 Å². The molecule has 0 unspecified atom stereocenters. The van der Waals surface area contributed by atoms with Crippen molar-refractivity contribution >= 4 is 6.08 Å². The van der Waals surface area contributed by atoms with Crippen molar-refractivity contribution in [1.29, 1.82) is 0 Å². The van der Waals surface area contributed by atoms with E-state index < -0.39 is 5.82 Å². The Hall–Kier alpha value is -3.08. The van der Waals surface area contributed by atoms with Crippen LogP contribution in [0.1, 0.15) is 19.0 Å². The van der Waals surface area contributed by atoms with E-state index >= 15 is 0 Å². The maximum Gasteiger partial charge on any atom is 0.264 e. The van der Waals surface area contributed by atoms with Crippen molar-refractivity contribution < 1.29 is 5.82 Å². The number of pyridine rings is 1. The number of hydrogen-bond acceptors (Lipinski definition) is 3. The highest BCUT2D eigenvalue weighted by atomic mass is 19.1. The number of H-pyrrole nitrogens is 1. The van der Waals surface area contributed by atoms with E-state index in [9.17, 15) is 9.18 Å². The minimum Gasteiger partial charge on any atom is -0.268 e. The standard InChI is InChI=1S/C19H14FN3O.H2/c20-17-11-21-8-7-15(17)16-10-18(24)22-23-19(16)14-6-5-12-3-1-2-4-13(12)9-14;/h1,3,5-11H,2,4H2,(H,22,24);1H. The van der Waals surface area contributed by atoms with Gasteiger partial charge in [-0.2, -0.15) is 5.10 Å². The van der Waals surface area contributed by atoms with Crippen molar-refractivity contribution in [3.05, 3.63) is 76.1 Å². The average molecular weight is 321 g/mol. The second-order valence-corrected chi connectivity index (χ2v) is 5.70. The van der Waals surface area contributed by atoms with Crippen molar-refractivity contribution in [3.8, 4) is 22.4 Å². The Bertz CT molecular complexity index is 1010. The lowest BCUT2D eigenvalue weighted by Crippen LogP contribution is -2.09. The molecule has 2 aromatic heterocycles. The molecule has 1 aromatic carbocycles. The van der Waals surface area contributed by atoms with Crippen LogP contribution in [0.25, 0.3) is 28.5 Å². The zero-order chi connectivity index (χ0) is 16.5. The van der Waals surface area contributed by atoms with Crippen LogP contribution in [-0.2, 0) is 6.42 Å². The molecule has 3 aromatic rings. The molecule has 120 valence electrons. The van der Waals surface area contributed by atoms with Crippen LogP contribution < -0.4 is 5.56 Å². The number of hydrogen-bond donors (Lipinski definition) is 1. The third-order valence-electron chi connectivity index (χ3n) is 4.17. The maximum atomic E-state index is 14.2. The van der Waals surface area contributed by atoms with Gasteiger partial charge >= 0.3 is 0 Å². The second kappa shape index (κ2) is 5.85. The van der Waals surface area contributed by atoms with Crippen LogP contribution in [0.5, 0.6) is 0 Å². The van der Waals surface area contributed by atoms with Gasteiger partial charge in [-0.25, -0.2) is 9.49 Å². The number of halogens is 1. The van der Waals surface area contributed by atoms with Gasteiger partial charge in [0.2, 0.25) is 0 Å². The summed E-state index contributed by atoms with van der Waals surface area (Å²) in [4.78, 5) is 15.5. The van der Waals surface area contributed by atoms with Crippen LogP contribution in [0.2, 0.25) is 0 Å². The molecule has 4 rings (SSSR count). The third kappa shape index (κ3) is 2.54. The third-order valence-corrected chi connectivity index (χ3v) is 4.17. The molecule has 0 aliphatic heterocycles. The minimum atomic E-state index is -0.480. The number of nitrogens with one attached hydrogen (secondary N) is 1. The Morgan fingerprint density at radius 1 is 1.17 bits per heavy atom. The van der Waals surface area contributed by atoms with E-state index in [2.05, 4.69) is 33.4 Å². The van der Waals surface area contributed by atoms with Crippen LogP contribution in [0.4, 0.5) is 4.39 Å². The number of aromatic amines is 1. The molecule has 0 saturated carbocycles. The van der Waals surface area contributed by atoms with Crippen LogP contribution in [-0.4, -0.2) is 15.2 Å². The monoisotopic (exact) mass is 321 g/mol. The summed E-state index contributed by atoms with van der Waals surface area (Å²) < 4.78 is 14.2. The number of nitrogens with zero attached hydrogens (tertiary/aromatic N) is 2. The zero-order valence-corrected chi connectivity index (χ0v) is 12.8. The zero-order valence-electron chi connectivity index (χ0n) is 12.8. The van der Waals surface area contributed by atoms with E-state index in [1.165, 1.54) is 23.4 Å². The van der Waals surface area contributed by atoms with E-state index in [1.807, 2.05) is 12.1 Å². The summed E-state index contributed by atoms with van der Waals surface area (Å²) in [6.45, 7) is 0. The molecule has 4 nitrogen and oxygen atoms in total. The van der Waals surface area contributed by atoms with Gasteiger partial charge in [0.1, 0.15) is 5.82 Å². The van der Waals surface area contributed by atoms with Crippen molar-refractivity contribution in [1.82, 2.24) is 15.2 Å². The fourth-order valence-corrected chi connectivity index (χ4v) is 3.00. The molecule has 2 heterocycles. The molecule has 5 heteroatoms. The van der Waals surface area contributed by atoms with E-state index in [1.54, 1.807) is 6.07 Å². The van der Waals surface area contributed by atoms with E-state index in [-0.39, 0.29) is 6.99 Å². The summed E-state index contributed by atoms with van der Waals surface area (Å²) in [5.41, 5.74) is 4.23. The Morgan fingerprint density at radius 3 is 2.96 bits per heavy atom. The van der Waals surface area contributed by atoms with Crippen molar-refractivity contribution in [2.75, 3.05) is 0 Å². The Kier molecular flexibility index (Phi) is 3.54. The van der Waals surface area contributed by atoms with Gasteiger partial charge in [0.25, 0.3) is 5.56 Å². The number of allylic oxidation sites excluding steroid dienone is 1. The van der Waals surface area contributed by atoms with Gasteiger partial charge in [-0.1, -0.05) is 24.3 Å². The smallest absolute Gasteiger partial charge is 0.264 e. The number of aryl methyl sites for hydroxylation is 1. The molecule has 1 N–H and O–H groups in total. The Labute approximate surface area is 139 Å². The van der Waals surface area contributed by atoms with Crippen LogP contribution >= 0.6 is 0 Å². The normalized spacial score (nSPS) is 12.9. The largest absolute Gasteiger partial charge is 0.268 e. The molecule has 0 bridgehead atoms. The molecule has 1 aliphatic carbocycles. The highest BCUT2D eigenvalue weighted by Gasteiger charge is 2.15. The van der Waals surface area contributed by atoms with Gasteiger partial charge in [0.15, 0.2) is 0 Å². The van der Waals surface area contributed by atoms with Gasteiger partial charge in [-0.3, -0.25) is 9.78 Å². The van der Waals surface area contributed by atoms with Gasteiger partial charge in [-0.05, 0) is 36.1 Å². The van der Waals surface area contributed by atoms with Crippen LogP contribution in [0.3, 0.4) is 0 Å². The Morgan fingerprint density at radius 2 is 2.08 bits per heavy atom. The molecule has 0 saturated heterocycles. The molecule has 1 aliphatic rings. The summed E-state index contributed by atoms with van der Waals surface area (Å²) in [6.07, 6.45) is 8.85. The Balaban J connectivity index is 0.00000182. The number of rotatable bonds is 2. The summed E-state index contributed by atoms with van der Waals surface area (Å²) in [5, 5.41) is 6.62. The first-order valence-corrected chi connectivity index (χ1v) is 7.72. The summed E-state index contributed by atoms with van der Waals surface area (Å²) >= 11 is 0. The fourth-order valence-electron chi connectivity index (χ4n) is 3.00. The highest BCUT2D eigenvalue weighted by molar-refractivity contribution is 5.81. The van der Waals surface area contributed by atoms with Gasteiger partial charge in [-0.15, -0.1) is 0 Å². The molecule has 0 amide bonds. The quantitative estimate of drug-likeness (QED) is 0.780. The molecule has 0 radical (unpaired) electrons. The van der Waals surface area contributed by atoms with Crippen molar-refractivity contribution in [3.63, 3.8) is 0 Å². The summed E-state index contributed by atoms with van der Waals surface area (Å²) in [6, 6.07) is 8.95. The lowest BCUT2D eigenvalue weighted by Gasteiger charge is -2.14. The highest BCUT2D eigenvalue weighted by Crippen LogP contribution is 2.32. The van der Waals surface area contributed by atoms with Crippen molar-refractivity contribution in [2.24, 2.45) is 0 Å². The lowest BCUT2D eigenvalue weighted by atomic mass is 9.93. The molecule has 0 atom stereocenters. The number of fused-ring (bicyclic) bond motifs is 1. The maximum absolute atomic E-state index is 14.2. The topological polar surface area (TPSA) is 58.6 Å². The van der Waals surface area contributed by atoms with Gasteiger partial charge < -0.3 is 0 Å². The van der Waals surface area contributed by atoms with E-state index in [0.29, 0.717) is 16.8 Å². The predicted octanol–water partition coefficient (Wildman–Crippen LogP) is 3.84. The molecule has 0 fully saturated rings. The average Bonchev–Trinajstić information content (AvgIpc) is 2.62. The molecule has 24 heavy (non-hydrogen) atoms. The summed E-state index contributed by atoms with van der Waals surface area (Å²) in [5.74, 6) is -0.480. The number of aromatic nitrogens is 3. The van der Waals surface area contributed by atoms with Crippen LogP contribution in [0, 0.1) is 5.82 Å². The van der Waals surface area contributed by atoms with Gasteiger partial charge in [0.05, 0.1) is 11.9 Å². The lowest BCUT2D eigenvalue weighted by molar-refractivity contribution is 0.625. The first kappa shape index (κ1) is 14.5. The van der Waals surface area contributed by atoms with Crippen LogP contribution in [0.15, 0.2) is 53.6 Å².